The van der Waals surface area contributed by atoms with Crippen LogP contribution in [0.15, 0.2) is 59.7 Å². The fourth-order valence-electron chi connectivity index (χ4n) is 2.57. The maximum Gasteiger partial charge on any atom is 0.261 e. The second-order valence-electron chi connectivity index (χ2n) is 5.74. The standard InChI is InChI=1S/C19H18ClN3O2/c20-15-7-5-14(6-8-15)9-11-21-18(24)10-12-23-13-22-17-4-2-1-3-16(17)19(23)25/h1-8,13H,9-12H2,(H,21,24). The molecule has 0 aliphatic heterocycles. The first-order valence-corrected chi connectivity index (χ1v) is 8.46. The molecule has 25 heavy (non-hydrogen) atoms. The number of halogens is 1. The van der Waals surface area contributed by atoms with Crippen molar-refractivity contribution in [1.29, 1.82) is 0 Å². The van der Waals surface area contributed by atoms with Gasteiger partial charge in [0.15, 0.2) is 0 Å². The van der Waals surface area contributed by atoms with E-state index in [-0.39, 0.29) is 17.9 Å². The van der Waals surface area contributed by atoms with Crippen LogP contribution in [0.3, 0.4) is 0 Å². The highest BCUT2D eigenvalue weighted by molar-refractivity contribution is 6.30. The molecule has 0 saturated carbocycles. The number of aromatic nitrogens is 2. The number of fused-ring (bicyclic) bond motifs is 1. The molecule has 0 spiro atoms. The molecule has 3 aromatic rings. The monoisotopic (exact) mass is 355 g/mol. The fraction of sp³-hybridized carbons (Fsp3) is 0.211. The van der Waals surface area contributed by atoms with Crippen LogP contribution in [-0.4, -0.2) is 22.0 Å². The molecule has 128 valence electrons. The first kappa shape index (κ1) is 17.2. The lowest BCUT2D eigenvalue weighted by atomic mass is 10.1. The van der Waals surface area contributed by atoms with Gasteiger partial charge in [-0.2, -0.15) is 0 Å². The largest absolute Gasteiger partial charge is 0.356 e. The zero-order chi connectivity index (χ0) is 17.6. The van der Waals surface area contributed by atoms with Gasteiger partial charge in [-0.1, -0.05) is 35.9 Å². The van der Waals surface area contributed by atoms with E-state index >= 15 is 0 Å². The maximum atomic E-state index is 12.3. The van der Waals surface area contributed by atoms with Crippen molar-refractivity contribution in [3.8, 4) is 0 Å². The molecule has 6 heteroatoms. The zero-order valence-corrected chi connectivity index (χ0v) is 14.4. The highest BCUT2D eigenvalue weighted by Crippen LogP contribution is 2.09. The number of hydrogen-bond donors (Lipinski definition) is 1. The van der Waals surface area contributed by atoms with Crippen LogP contribution >= 0.6 is 11.6 Å². The van der Waals surface area contributed by atoms with E-state index in [0.29, 0.717) is 29.0 Å². The van der Waals surface area contributed by atoms with Gasteiger partial charge in [0.2, 0.25) is 5.91 Å². The van der Waals surface area contributed by atoms with Gasteiger partial charge in [-0.05, 0) is 36.2 Å². The number of para-hydroxylation sites is 1. The van der Waals surface area contributed by atoms with Crippen LogP contribution in [0.2, 0.25) is 5.02 Å². The van der Waals surface area contributed by atoms with Crippen LogP contribution in [0.1, 0.15) is 12.0 Å². The van der Waals surface area contributed by atoms with Gasteiger partial charge in [-0.25, -0.2) is 4.98 Å². The van der Waals surface area contributed by atoms with Crippen molar-refractivity contribution in [2.24, 2.45) is 0 Å². The average Bonchev–Trinajstić information content (AvgIpc) is 2.63. The van der Waals surface area contributed by atoms with Crippen LogP contribution in [0.25, 0.3) is 10.9 Å². The van der Waals surface area contributed by atoms with Crippen LogP contribution in [-0.2, 0) is 17.8 Å². The van der Waals surface area contributed by atoms with Crippen LogP contribution in [0, 0.1) is 0 Å². The SMILES string of the molecule is O=C(CCn1cnc2ccccc2c1=O)NCCc1ccc(Cl)cc1. The van der Waals surface area contributed by atoms with Gasteiger partial charge in [0.25, 0.3) is 5.56 Å². The maximum absolute atomic E-state index is 12.3. The highest BCUT2D eigenvalue weighted by atomic mass is 35.5. The van der Waals surface area contributed by atoms with Gasteiger partial charge in [-0.3, -0.25) is 14.2 Å². The summed E-state index contributed by atoms with van der Waals surface area (Å²) in [5, 5.41) is 4.12. The minimum Gasteiger partial charge on any atom is -0.356 e. The number of nitrogens with zero attached hydrogens (tertiary/aromatic N) is 2. The number of hydrogen-bond acceptors (Lipinski definition) is 3. The Morgan fingerprint density at radius 1 is 1.12 bits per heavy atom. The molecule has 0 aliphatic carbocycles. The topological polar surface area (TPSA) is 64.0 Å². The summed E-state index contributed by atoms with van der Waals surface area (Å²) in [7, 11) is 0. The first-order valence-electron chi connectivity index (χ1n) is 8.09. The molecule has 0 fully saturated rings. The van der Waals surface area contributed by atoms with Crippen molar-refractivity contribution < 1.29 is 4.79 Å². The van der Waals surface area contributed by atoms with Gasteiger partial charge in [0.1, 0.15) is 0 Å². The van der Waals surface area contributed by atoms with E-state index in [1.54, 1.807) is 18.2 Å². The number of aryl methyl sites for hydroxylation is 1. The Morgan fingerprint density at radius 2 is 1.88 bits per heavy atom. The molecule has 3 rings (SSSR count). The summed E-state index contributed by atoms with van der Waals surface area (Å²) in [5.74, 6) is -0.0889. The summed E-state index contributed by atoms with van der Waals surface area (Å²) in [6.45, 7) is 0.856. The molecule has 0 atom stereocenters. The summed E-state index contributed by atoms with van der Waals surface area (Å²) in [5.41, 5.74) is 1.65. The van der Waals surface area contributed by atoms with E-state index in [9.17, 15) is 9.59 Å². The summed E-state index contributed by atoms with van der Waals surface area (Å²) in [4.78, 5) is 28.6. The minimum atomic E-state index is -0.125. The average molecular weight is 356 g/mol. The van der Waals surface area contributed by atoms with Crippen LogP contribution < -0.4 is 10.9 Å². The van der Waals surface area contributed by atoms with Crippen molar-refractivity contribution in [2.75, 3.05) is 6.54 Å². The van der Waals surface area contributed by atoms with Crippen molar-refractivity contribution in [1.82, 2.24) is 14.9 Å². The van der Waals surface area contributed by atoms with Gasteiger partial charge in [-0.15, -0.1) is 0 Å². The molecular formula is C19H18ClN3O2. The molecule has 0 bridgehead atoms. The number of carbonyl (C=O) groups excluding carboxylic acids is 1. The summed E-state index contributed by atoms with van der Waals surface area (Å²) >= 11 is 5.84. The van der Waals surface area contributed by atoms with Gasteiger partial charge < -0.3 is 5.32 Å². The van der Waals surface area contributed by atoms with Gasteiger partial charge in [0, 0.05) is 24.5 Å². The number of rotatable bonds is 6. The molecule has 0 unspecified atom stereocenters. The Kier molecular flexibility index (Phi) is 5.46. The van der Waals surface area contributed by atoms with Crippen molar-refractivity contribution >= 4 is 28.4 Å². The molecule has 0 saturated heterocycles. The van der Waals surface area contributed by atoms with Gasteiger partial charge >= 0.3 is 0 Å². The van der Waals surface area contributed by atoms with E-state index in [2.05, 4.69) is 10.3 Å². The lowest BCUT2D eigenvalue weighted by molar-refractivity contribution is -0.121. The van der Waals surface area contributed by atoms with Crippen molar-refractivity contribution in [2.45, 2.75) is 19.4 Å². The lowest BCUT2D eigenvalue weighted by Gasteiger charge is -2.08. The van der Waals surface area contributed by atoms with Crippen LogP contribution in [0.5, 0.6) is 0 Å². The third kappa shape index (κ3) is 4.45. The summed E-state index contributed by atoms with van der Waals surface area (Å²) in [6.07, 6.45) is 2.46. The predicted octanol–water partition coefficient (Wildman–Crippen LogP) is 2.80. The number of carbonyl (C=O) groups is 1. The second kappa shape index (κ2) is 7.94. The van der Waals surface area contributed by atoms with Gasteiger partial charge in [0.05, 0.1) is 17.2 Å². The Bertz CT molecular complexity index is 935. The molecular weight excluding hydrogens is 338 g/mol. The summed E-state index contributed by atoms with van der Waals surface area (Å²) in [6, 6.07) is 14.7. The zero-order valence-electron chi connectivity index (χ0n) is 13.6. The third-order valence-corrected chi connectivity index (χ3v) is 4.21. The van der Waals surface area contributed by atoms with E-state index in [1.165, 1.54) is 10.9 Å². The Labute approximate surface area is 150 Å². The Morgan fingerprint density at radius 3 is 2.68 bits per heavy atom. The second-order valence-corrected chi connectivity index (χ2v) is 6.17. The molecule has 5 nitrogen and oxygen atoms in total. The van der Waals surface area contributed by atoms with E-state index in [0.717, 1.165) is 12.0 Å². The molecule has 1 amide bonds. The third-order valence-electron chi connectivity index (χ3n) is 3.96. The normalized spacial score (nSPS) is 10.8. The highest BCUT2D eigenvalue weighted by Gasteiger charge is 2.06. The Hall–Kier alpha value is -2.66. The molecule has 0 radical (unpaired) electrons. The lowest BCUT2D eigenvalue weighted by Crippen LogP contribution is -2.29. The molecule has 0 aliphatic rings. The summed E-state index contributed by atoms with van der Waals surface area (Å²) < 4.78 is 1.47. The van der Waals surface area contributed by atoms with Crippen molar-refractivity contribution in [3.63, 3.8) is 0 Å². The molecule has 1 aromatic heterocycles. The smallest absolute Gasteiger partial charge is 0.261 e. The fourth-order valence-corrected chi connectivity index (χ4v) is 2.70. The number of amides is 1. The molecule has 1 N–H and O–H groups in total. The number of nitrogens with one attached hydrogen (secondary N) is 1. The first-order chi connectivity index (χ1) is 12.1. The van der Waals surface area contributed by atoms with E-state index in [4.69, 9.17) is 11.6 Å². The van der Waals surface area contributed by atoms with Crippen LogP contribution in [0.4, 0.5) is 0 Å². The Balaban J connectivity index is 1.51. The molecule has 1 heterocycles. The predicted molar refractivity (Wildman–Crippen MR) is 98.8 cm³/mol. The quantitative estimate of drug-likeness (QED) is 0.739. The molecule has 2 aromatic carbocycles. The van der Waals surface area contributed by atoms with E-state index < -0.39 is 0 Å². The van der Waals surface area contributed by atoms with E-state index in [1.807, 2.05) is 30.3 Å². The number of benzene rings is 2. The minimum absolute atomic E-state index is 0.0889. The van der Waals surface area contributed by atoms with Crippen molar-refractivity contribution in [3.05, 3.63) is 75.8 Å².